The van der Waals surface area contributed by atoms with E-state index < -0.39 is 23.6 Å². The maximum atomic E-state index is 12.9. The van der Waals surface area contributed by atoms with Crippen molar-refractivity contribution in [3.05, 3.63) is 74.8 Å². The molecule has 1 atom stereocenters. The van der Waals surface area contributed by atoms with Gasteiger partial charge < -0.3 is 10.6 Å². The molecule has 0 fully saturated rings. The molecule has 32 heavy (non-hydrogen) atoms. The van der Waals surface area contributed by atoms with E-state index >= 15 is 0 Å². The molecule has 2 aromatic rings. The Morgan fingerprint density at radius 2 is 1.97 bits per heavy atom. The summed E-state index contributed by atoms with van der Waals surface area (Å²) in [5, 5.41) is 14.8. The van der Waals surface area contributed by atoms with Crippen LogP contribution in [0.3, 0.4) is 0 Å². The molecular formula is C22H17ClF3N3O2S. The molecule has 2 amide bonds. The molecule has 5 nitrogen and oxygen atoms in total. The van der Waals surface area contributed by atoms with E-state index in [1.54, 1.807) is 0 Å². The SMILES string of the molecule is Cc1ccc([C@@H]2CC(=O)NC(SCC(=O)Nc3cc(C(F)(F)F)ccc3Cl)=C2C#N)cc1. The fourth-order valence-electron chi connectivity index (χ4n) is 3.14. The van der Waals surface area contributed by atoms with Crippen LogP contribution in [0.4, 0.5) is 18.9 Å². The maximum Gasteiger partial charge on any atom is 0.416 e. The number of thioether (sulfide) groups is 1. The first-order valence-corrected chi connectivity index (χ1v) is 10.7. The van der Waals surface area contributed by atoms with Gasteiger partial charge in [-0.1, -0.05) is 53.2 Å². The van der Waals surface area contributed by atoms with Crippen LogP contribution < -0.4 is 10.6 Å². The van der Waals surface area contributed by atoms with Crippen LogP contribution >= 0.6 is 23.4 Å². The van der Waals surface area contributed by atoms with Gasteiger partial charge in [0.15, 0.2) is 0 Å². The number of halogens is 4. The Morgan fingerprint density at radius 3 is 2.59 bits per heavy atom. The third-order valence-electron chi connectivity index (χ3n) is 4.75. The number of carbonyl (C=O) groups is 2. The molecule has 1 heterocycles. The summed E-state index contributed by atoms with van der Waals surface area (Å²) >= 11 is 6.83. The molecule has 2 N–H and O–H groups in total. The zero-order chi connectivity index (χ0) is 23.5. The Balaban J connectivity index is 1.76. The minimum atomic E-state index is -4.58. The van der Waals surface area contributed by atoms with Gasteiger partial charge in [0.2, 0.25) is 11.8 Å². The van der Waals surface area contributed by atoms with Crippen molar-refractivity contribution >= 4 is 40.9 Å². The zero-order valence-corrected chi connectivity index (χ0v) is 18.3. The number of carbonyl (C=O) groups excluding carboxylic acids is 2. The normalized spacial score (nSPS) is 16.4. The highest BCUT2D eigenvalue weighted by molar-refractivity contribution is 8.03. The number of nitrogens with zero attached hydrogens (tertiary/aromatic N) is 1. The first kappa shape index (κ1) is 23.7. The molecule has 166 valence electrons. The van der Waals surface area contributed by atoms with E-state index in [4.69, 9.17) is 11.6 Å². The molecule has 0 saturated carbocycles. The first-order chi connectivity index (χ1) is 15.1. The molecule has 1 aliphatic rings. The Kier molecular flexibility index (Phi) is 7.16. The van der Waals surface area contributed by atoms with Gasteiger partial charge in [-0.15, -0.1) is 0 Å². The number of aryl methyl sites for hydroxylation is 1. The molecule has 0 bridgehead atoms. The monoisotopic (exact) mass is 479 g/mol. The van der Waals surface area contributed by atoms with Gasteiger partial charge in [-0.05, 0) is 30.7 Å². The molecular weight excluding hydrogens is 463 g/mol. The predicted molar refractivity (Wildman–Crippen MR) is 117 cm³/mol. The molecule has 1 aliphatic heterocycles. The summed E-state index contributed by atoms with van der Waals surface area (Å²) in [4.78, 5) is 24.5. The average Bonchev–Trinajstić information content (AvgIpc) is 2.73. The minimum Gasteiger partial charge on any atom is -0.324 e. The number of rotatable bonds is 5. The lowest BCUT2D eigenvalue weighted by atomic mass is 9.87. The van der Waals surface area contributed by atoms with Crippen LogP contribution in [0.15, 0.2) is 53.1 Å². The third kappa shape index (κ3) is 5.64. The van der Waals surface area contributed by atoms with E-state index in [0.717, 1.165) is 41.1 Å². The van der Waals surface area contributed by atoms with Gasteiger partial charge in [0.05, 0.1) is 38.7 Å². The van der Waals surface area contributed by atoms with Crippen molar-refractivity contribution in [3.8, 4) is 6.07 Å². The van der Waals surface area contributed by atoms with Crippen LogP contribution in [0.5, 0.6) is 0 Å². The Morgan fingerprint density at radius 1 is 1.28 bits per heavy atom. The number of nitriles is 1. The molecule has 0 aliphatic carbocycles. The fourth-order valence-corrected chi connectivity index (χ4v) is 4.18. The highest BCUT2D eigenvalue weighted by Gasteiger charge is 2.32. The molecule has 0 aromatic heterocycles. The number of anilines is 1. The summed E-state index contributed by atoms with van der Waals surface area (Å²) in [6, 6.07) is 12.2. The molecule has 2 aromatic carbocycles. The van der Waals surface area contributed by atoms with E-state index in [-0.39, 0.29) is 33.8 Å². The number of hydrogen-bond acceptors (Lipinski definition) is 4. The maximum absolute atomic E-state index is 12.9. The molecule has 0 radical (unpaired) electrons. The van der Waals surface area contributed by atoms with E-state index in [1.165, 1.54) is 0 Å². The quantitative estimate of drug-likeness (QED) is 0.603. The van der Waals surface area contributed by atoms with Crippen molar-refractivity contribution in [1.29, 1.82) is 5.26 Å². The van der Waals surface area contributed by atoms with E-state index in [0.29, 0.717) is 5.57 Å². The second kappa shape index (κ2) is 9.67. The molecule has 10 heteroatoms. The van der Waals surface area contributed by atoms with Gasteiger partial charge in [0.1, 0.15) is 0 Å². The Hall–Kier alpha value is -2.96. The van der Waals surface area contributed by atoms with Crippen LogP contribution in [-0.2, 0) is 15.8 Å². The largest absolute Gasteiger partial charge is 0.416 e. The van der Waals surface area contributed by atoms with Crippen molar-refractivity contribution in [1.82, 2.24) is 5.32 Å². The number of amides is 2. The molecule has 0 spiro atoms. The molecule has 0 unspecified atom stereocenters. The number of alkyl halides is 3. The number of allylic oxidation sites excluding steroid dienone is 1. The lowest BCUT2D eigenvalue weighted by Crippen LogP contribution is -2.31. The van der Waals surface area contributed by atoms with E-state index in [9.17, 15) is 28.0 Å². The second-order valence-corrected chi connectivity index (χ2v) is 8.49. The van der Waals surface area contributed by atoms with Crippen LogP contribution in [0.2, 0.25) is 5.02 Å². The Bertz CT molecular complexity index is 1120. The van der Waals surface area contributed by atoms with Gasteiger partial charge >= 0.3 is 6.18 Å². The Labute approximate surface area is 191 Å². The van der Waals surface area contributed by atoms with E-state index in [2.05, 4.69) is 16.7 Å². The van der Waals surface area contributed by atoms with Crippen LogP contribution in [0.1, 0.15) is 29.0 Å². The summed E-state index contributed by atoms with van der Waals surface area (Å²) in [5.41, 5.74) is 1.05. The van der Waals surface area contributed by atoms with Crippen molar-refractivity contribution in [2.45, 2.75) is 25.4 Å². The van der Waals surface area contributed by atoms with Crippen LogP contribution in [0.25, 0.3) is 0 Å². The summed E-state index contributed by atoms with van der Waals surface area (Å²) in [7, 11) is 0. The lowest BCUT2D eigenvalue weighted by molar-refractivity contribution is -0.137. The molecule has 0 saturated heterocycles. The highest BCUT2D eigenvalue weighted by atomic mass is 35.5. The standard InChI is InChI=1S/C22H17ClF3N3O2S/c1-12-2-4-13(5-3-12)15-9-19(30)29-21(16(15)10-27)32-11-20(31)28-18-8-14(22(24,25)26)6-7-17(18)23/h2-8,15H,9,11H2,1H3,(H,28,31)(H,29,30)/t15-/m0/s1. The highest BCUT2D eigenvalue weighted by Crippen LogP contribution is 2.37. The van der Waals surface area contributed by atoms with E-state index in [1.807, 2.05) is 31.2 Å². The van der Waals surface area contributed by atoms with Crippen LogP contribution in [0, 0.1) is 18.3 Å². The van der Waals surface area contributed by atoms with Gasteiger partial charge in [-0.2, -0.15) is 18.4 Å². The van der Waals surface area contributed by atoms with Crippen molar-refractivity contribution in [3.63, 3.8) is 0 Å². The molecule has 3 rings (SSSR count). The summed E-state index contributed by atoms with van der Waals surface area (Å²) < 4.78 is 38.7. The van der Waals surface area contributed by atoms with Gasteiger partial charge in [-0.25, -0.2) is 0 Å². The zero-order valence-electron chi connectivity index (χ0n) is 16.7. The lowest BCUT2D eigenvalue weighted by Gasteiger charge is -2.25. The second-order valence-electron chi connectivity index (χ2n) is 7.10. The fraction of sp³-hybridized carbons (Fsp3) is 0.227. The van der Waals surface area contributed by atoms with Crippen LogP contribution in [-0.4, -0.2) is 17.6 Å². The van der Waals surface area contributed by atoms with Crippen molar-refractivity contribution < 1.29 is 22.8 Å². The van der Waals surface area contributed by atoms with Gasteiger partial charge in [-0.3, -0.25) is 9.59 Å². The predicted octanol–water partition coefficient (Wildman–Crippen LogP) is 5.38. The smallest absolute Gasteiger partial charge is 0.324 e. The number of hydrogen-bond donors (Lipinski definition) is 2. The van der Waals surface area contributed by atoms with Gasteiger partial charge in [0.25, 0.3) is 0 Å². The van der Waals surface area contributed by atoms with Crippen molar-refractivity contribution in [2.24, 2.45) is 0 Å². The number of benzene rings is 2. The topological polar surface area (TPSA) is 82.0 Å². The summed E-state index contributed by atoms with van der Waals surface area (Å²) in [5.74, 6) is -1.61. The summed E-state index contributed by atoms with van der Waals surface area (Å²) in [6.07, 6.45) is -4.48. The van der Waals surface area contributed by atoms with Crippen molar-refractivity contribution in [2.75, 3.05) is 11.1 Å². The minimum absolute atomic E-state index is 0.0429. The average molecular weight is 480 g/mol. The summed E-state index contributed by atoms with van der Waals surface area (Å²) in [6.45, 7) is 1.93. The number of nitrogens with one attached hydrogen (secondary N) is 2. The van der Waals surface area contributed by atoms with Gasteiger partial charge in [0, 0.05) is 12.3 Å². The first-order valence-electron chi connectivity index (χ1n) is 9.38. The third-order valence-corrected chi connectivity index (χ3v) is 6.10.